The molecule has 1 fully saturated rings. The molecule has 1 aliphatic rings. The normalized spacial score (nSPS) is 14.7. The predicted octanol–water partition coefficient (Wildman–Crippen LogP) is 7.32. The summed E-state index contributed by atoms with van der Waals surface area (Å²) in [5, 5.41) is 2.28. The van der Waals surface area contributed by atoms with Gasteiger partial charge in [-0.05, 0) is 70.1 Å². The maximum atomic E-state index is 12.9. The van der Waals surface area contributed by atoms with Gasteiger partial charge in [0.05, 0.1) is 22.7 Å². The Bertz CT molecular complexity index is 1480. The fraction of sp³-hybridized carbons (Fsp3) is 0.0714. The Morgan fingerprint density at radius 1 is 0.886 bits per heavy atom. The molecule has 4 aromatic rings. The molecule has 0 unspecified atom stereocenters. The fourth-order valence-electron chi connectivity index (χ4n) is 3.84. The highest BCUT2D eigenvalue weighted by atomic mass is 35.5. The van der Waals surface area contributed by atoms with Gasteiger partial charge in [0.25, 0.3) is 11.1 Å². The molecule has 0 bridgehead atoms. The first-order chi connectivity index (χ1) is 17.0. The van der Waals surface area contributed by atoms with Gasteiger partial charge in [0.2, 0.25) is 0 Å². The molecule has 0 aliphatic carbocycles. The minimum atomic E-state index is -0.413. The van der Waals surface area contributed by atoms with Crippen molar-refractivity contribution in [1.29, 1.82) is 0 Å². The molecular formula is C28H20ClNO4S. The van der Waals surface area contributed by atoms with Crippen LogP contribution in [0.5, 0.6) is 11.5 Å². The second kappa shape index (κ2) is 9.86. The Morgan fingerprint density at radius 3 is 2.46 bits per heavy atom. The van der Waals surface area contributed by atoms with Crippen LogP contribution < -0.4 is 14.4 Å². The summed E-state index contributed by atoms with van der Waals surface area (Å²) in [7, 11) is 1.56. The van der Waals surface area contributed by atoms with Gasteiger partial charge in [0, 0.05) is 0 Å². The third kappa shape index (κ3) is 4.76. The van der Waals surface area contributed by atoms with Gasteiger partial charge in [0.1, 0.15) is 6.61 Å². The number of carbonyl (C=O) groups is 2. The van der Waals surface area contributed by atoms with Gasteiger partial charge in [-0.25, -0.2) is 4.90 Å². The van der Waals surface area contributed by atoms with Crippen LogP contribution in [0.2, 0.25) is 5.02 Å². The zero-order valence-electron chi connectivity index (χ0n) is 18.7. The molecule has 1 saturated heterocycles. The van der Waals surface area contributed by atoms with E-state index in [4.69, 9.17) is 21.1 Å². The van der Waals surface area contributed by atoms with Crippen molar-refractivity contribution in [2.45, 2.75) is 6.61 Å². The SMILES string of the molecule is COc1cc(/C=C2\SC(=O)N(c3ccccc3Cl)C2=O)ccc1OCc1ccc2ccccc2c1. The van der Waals surface area contributed by atoms with Gasteiger partial charge in [-0.15, -0.1) is 0 Å². The van der Waals surface area contributed by atoms with Crippen LogP contribution >= 0.6 is 23.4 Å². The van der Waals surface area contributed by atoms with Crippen LogP contribution in [0.15, 0.2) is 89.8 Å². The summed E-state index contributed by atoms with van der Waals surface area (Å²) in [5.74, 6) is 0.704. The number of benzene rings is 4. The van der Waals surface area contributed by atoms with Crippen molar-refractivity contribution >= 4 is 57.0 Å². The van der Waals surface area contributed by atoms with Crippen molar-refractivity contribution < 1.29 is 19.1 Å². The van der Waals surface area contributed by atoms with E-state index in [0.717, 1.165) is 27.6 Å². The summed E-state index contributed by atoms with van der Waals surface area (Å²) >= 11 is 7.07. The lowest BCUT2D eigenvalue weighted by Crippen LogP contribution is -2.27. The summed E-state index contributed by atoms with van der Waals surface area (Å²) in [6.07, 6.45) is 1.66. The molecule has 1 heterocycles. The van der Waals surface area contributed by atoms with Gasteiger partial charge in [-0.3, -0.25) is 9.59 Å². The maximum absolute atomic E-state index is 12.9. The molecule has 0 aromatic heterocycles. The molecule has 4 aromatic carbocycles. The molecule has 0 atom stereocenters. The summed E-state index contributed by atoms with van der Waals surface area (Å²) in [6.45, 7) is 0.386. The first kappa shape index (κ1) is 23.0. The van der Waals surface area contributed by atoms with Gasteiger partial charge < -0.3 is 9.47 Å². The van der Waals surface area contributed by atoms with Gasteiger partial charge in [-0.2, -0.15) is 0 Å². The number of nitrogens with zero attached hydrogens (tertiary/aromatic N) is 1. The van der Waals surface area contributed by atoms with Crippen molar-refractivity contribution in [2.24, 2.45) is 0 Å². The number of imide groups is 1. The molecule has 35 heavy (non-hydrogen) atoms. The van der Waals surface area contributed by atoms with E-state index >= 15 is 0 Å². The molecule has 5 rings (SSSR count). The molecule has 0 spiro atoms. The van der Waals surface area contributed by atoms with Crippen molar-refractivity contribution in [3.05, 3.63) is 106 Å². The number of thioether (sulfide) groups is 1. The minimum absolute atomic E-state index is 0.307. The molecule has 5 nitrogen and oxygen atoms in total. The molecule has 1 aliphatic heterocycles. The highest BCUT2D eigenvalue weighted by Gasteiger charge is 2.37. The second-order valence-corrected chi connectivity index (χ2v) is 9.25. The lowest BCUT2D eigenvalue weighted by atomic mass is 10.1. The number of halogens is 1. The van der Waals surface area contributed by atoms with Crippen LogP contribution in [0.25, 0.3) is 16.8 Å². The number of ether oxygens (including phenoxy) is 2. The summed E-state index contributed by atoms with van der Waals surface area (Å²) < 4.78 is 11.5. The number of amides is 2. The Labute approximate surface area is 211 Å². The van der Waals surface area contributed by atoms with Crippen molar-refractivity contribution in [1.82, 2.24) is 0 Å². The van der Waals surface area contributed by atoms with Gasteiger partial charge in [0.15, 0.2) is 11.5 Å². The van der Waals surface area contributed by atoms with E-state index < -0.39 is 11.1 Å². The van der Waals surface area contributed by atoms with E-state index in [1.165, 1.54) is 5.39 Å². The average molecular weight is 502 g/mol. The number of hydrogen-bond donors (Lipinski definition) is 0. The van der Waals surface area contributed by atoms with Crippen molar-refractivity contribution in [3.8, 4) is 11.5 Å². The van der Waals surface area contributed by atoms with E-state index in [1.807, 2.05) is 24.3 Å². The lowest BCUT2D eigenvalue weighted by Gasteiger charge is -2.13. The van der Waals surface area contributed by atoms with Crippen LogP contribution in [0.1, 0.15) is 11.1 Å². The Balaban J connectivity index is 1.34. The summed E-state index contributed by atoms with van der Waals surface area (Å²) in [5.41, 5.74) is 2.13. The number of rotatable bonds is 6. The largest absolute Gasteiger partial charge is 0.493 e. The Kier molecular flexibility index (Phi) is 6.49. The molecule has 0 radical (unpaired) electrons. The van der Waals surface area contributed by atoms with Crippen LogP contribution in [-0.2, 0) is 11.4 Å². The van der Waals surface area contributed by atoms with E-state index in [1.54, 1.807) is 49.6 Å². The number of fused-ring (bicyclic) bond motifs is 1. The van der Waals surface area contributed by atoms with Crippen LogP contribution in [0.3, 0.4) is 0 Å². The number of para-hydroxylation sites is 1. The molecule has 7 heteroatoms. The predicted molar refractivity (Wildman–Crippen MR) is 141 cm³/mol. The number of methoxy groups -OCH3 is 1. The molecule has 0 saturated carbocycles. The third-order valence-electron chi connectivity index (χ3n) is 5.58. The minimum Gasteiger partial charge on any atom is -0.493 e. The number of anilines is 1. The van der Waals surface area contributed by atoms with E-state index in [0.29, 0.717) is 39.3 Å². The van der Waals surface area contributed by atoms with E-state index in [9.17, 15) is 9.59 Å². The van der Waals surface area contributed by atoms with Crippen LogP contribution in [0, 0.1) is 0 Å². The molecule has 2 amide bonds. The van der Waals surface area contributed by atoms with Crippen LogP contribution in [-0.4, -0.2) is 18.3 Å². The maximum Gasteiger partial charge on any atom is 0.298 e. The molecule has 0 N–H and O–H groups in total. The topological polar surface area (TPSA) is 55.8 Å². The highest BCUT2D eigenvalue weighted by Crippen LogP contribution is 2.39. The number of hydrogen-bond acceptors (Lipinski definition) is 5. The Morgan fingerprint density at radius 2 is 1.66 bits per heavy atom. The second-order valence-electron chi connectivity index (χ2n) is 7.85. The number of carbonyl (C=O) groups excluding carboxylic acids is 2. The van der Waals surface area contributed by atoms with Crippen molar-refractivity contribution in [2.75, 3.05) is 12.0 Å². The lowest BCUT2D eigenvalue weighted by molar-refractivity contribution is -0.113. The Hall–Kier alpha value is -3.74. The fourth-order valence-corrected chi connectivity index (χ4v) is 4.90. The average Bonchev–Trinajstić information content (AvgIpc) is 3.15. The molecular weight excluding hydrogens is 482 g/mol. The summed E-state index contributed by atoms with van der Waals surface area (Å²) in [6, 6.07) is 26.6. The van der Waals surface area contributed by atoms with Gasteiger partial charge in [-0.1, -0.05) is 66.2 Å². The van der Waals surface area contributed by atoms with E-state index in [-0.39, 0.29) is 0 Å². The molecule has 174 valence electrons. The highest BCUT2D eigenvalue weighted by molar-refractivity contribution is 8.19. The van der Waals surface area contributed by atoms with Gasteiger partial charge >= 0.3 is 0 Å². The van der Waals surface area contributed by atoms with E-state index in [2.05, 4.69) is 24.3 Å². The quantitative estimate of drug-likeness (QED) is 0.259. The monoisotopic (exact) mass is 501 g/mol. The smallest absolute Gasteiger partial charge is 0.298 e. The zero-order valence-corrected chi connectivity index (χ0v) is 20.3. The zero-order chi connectivity index (χ0) is 24.4. The van der Waals surface area contributed by atoms with Crippen LogP contribution in [0.4, 0.5) is 10.5 Å². The standard InChI is InChI=1S/C28H20ClNO4S/c1-33-25-15-18(16-26-27(31)30(28(32)35-26)23-9-5-4-8-22(23)29)11-13-24(25)34-17-19-10-12-20-6-2-3-7-21(20)14-19/h2-16H,17H2,1H3/b26-16-. The summed E-state index contributed by atoms with van der Waals surface area (Å²) in [4.78, 5) is 26.9. The third-order valence-corrected chi connectivity index (χ3v) is 6.77. The first-order valence-electron chi connectivity index (χ1n) is 10.8. The van der Waals surface area contributed by atoms with Crippen molar-refractivity contribution in [3.63, 3.8) is 0 Å². The first-order valence-corrected chi connectivity index (χ1v) is 12.0.